The van der Waals surface area contributed by atoms with Crippen molar-refractivity contribution in [1.29, 1.82) is 0 Å². The van der Waals surface area contributed by atoms with Gasteiger partial charge in [0.2, 0.25) is 5.78 Å². The molecule has 2 heterocycles. The molecule has 0 saturated carbocycles. The van der Waals surface area contributed by atoms with Gasteiger partial charge < -0.3 is 0 Å². The molecule has 6 nitrogen and oxygen atoms in total. The first-order valence-corrected chi connectivity index (χ1v) is 6.91. The smallest absolute Gasteiger partial charge is 0.276 e. The number of nitrogens with zero attached hydrogens (tertiary/aromatic N) is 3. The highest BCUT2D eigenvalue weighted by molar-refractivity contribution is 5.56. The van der Waals surface area contributed by atoms with E-state index in [2.05, 4.69) is 9.97 Å². The van der Waals surface area contributed by atoms with Gasteiger partial charge in [-0.3, -0.25) is 4.98 Å². The lowest BCUT2D eigenvalue weighted by Crippen LogP contribution is -2.38. The fourth-order valence-electron chi connectivity index (χ4n) is 2.64. The standard InChI is InChI=1S/C16H12N4O2/c21-15-18-14-17-12-9-5-2-6-10-13(12)20(14)16(22)19(15)11-7-3-1-4-8-11/h1-9H,10H2,(H,17,18,21). The number of rotatable bonds is 1. The van der Waals surface area contributed by atoms with Crippen LogP contribution in [0.4, 0.5) is 0 Å². The number of benzene rings is 1. The topological polar surface area (TPSA) is 72.2 Å². The Morgan fingerprint density at radius 1 is 1.09 bits per heavy atom. The molecule has 0 fully saturated rings. The van der Waals surface area contributed by atoms with Crippen LogP contribution in [0.2, 0.25) is 0 Å². The van der Waals surface area contributed by atoms with Crippen molar-refractivity contribution in [3.63, 3.8) is 0 Å². The van der Waals surface area contributed by atoms with Gasteiger partial charge in [-0.2, -0.15) is 0 Å². The van der Waals surface area contributed by atoms with Crippen molar-refractivity contribution in [2.45, 2.75) is 6.42 Å². The van der Waals surface area contributed by atoms with Crippen molar-refractivity contribution < 1.29 is 0 Å². The first kappa shape index (κ1) is 12.6. The quantitative estimate of drug-likeness (QED) is 0.735. The minimum absolute atomic E-state index is 0.270. The van der Waals surface area contributed by atoms with Gasteiger partial charge in [0.05, 0.1) is 17.1 Å². The molecule has 0 radical (unpaired) electrons. The summed E-state index contributed by atoms with van der Waals surface area (Å²) in [5.41, 5.74) is 1.08. The highest BCUT2D eigenvalue weighted by atomic mass is 16.2. The number of para-hydroxylation sites is 1. The maximum atomic E-state index is 12.8. The van der Waals surface area contributed by atoms with Crippen molar-refractivity contribution in [3.8, 4) is 5.69 Å². The summed E-state index contributed by atoms with van der Waals surface area (Å²) >= 11 is 0. The zero-order valence-corrected chi connectivity index (χ0v) is 11.6. The Balaban J connectivity index is 2.11. The van der Waals surface area contributed by atoms with E-state index < -0.39 is 11.4 Å². The Morgan fingerprint density at radius 3 is 2.73 bits per heavy atom. The number of H-pyrrole nitrogens is 1. The summed E-state index contributed by atoms with van der Waals surface area (Å²) in [5.74, 6) is 0.270. The highest BCUT2D eigenvalue weighted by Crippen LogP contribution is 2.14. The number of allylic oxidation sites excluding steroid dienone is 3. The second-order valence-corrected chi connectivity index (χ2v) is 4.98. The number of imidazole rings is 1. The van der Waals surface area contributed by atoms with Crippen molar-refractivity contribution in [2.75, 3.05) is 0 Å². The molecule has 1 aromatic carbocycles. The third-order valence-electron chi connectivity index (χ3n) is 3.64. The van der Waals surface area contributed by atoms with Crippen LogP contribution in [0.5, 0.6) is 0 Å². The Morgan fingerprint density at radius 2 is 1.91 bits per heavy atom. The van der Waals surface area contributed by atoms with Gasteiger partial charge in [0, 0.05) is 6.42 Å². The molecule has 1 aliphatic carbocycles. The average Bonchev–Trinajstić information content (AvgIpc) is 2.70. The van der Waals surface area contributed by atoms with E-state index in [0.717, 1.165) is 10.3 Å². The van der Waals surface area contributed by atoms with Crippen LogP contribution in [0.1, 0.15) is 11.4 Å². The largest absolute Gasteiger partial charge is 0.344 e. The molecule has 0 spiro atoms. The molecular formula is C16H12N4O2. The summed E-state index contributed by atoms with van der Waals surface area (Å²) < 4.78 is 2.58. The average molecular weight is 292 g/mol. The molecule has 0 aliphatic heterocycles. The second kappa shape index (κ2) is 4.70. The van der Waals surface area contributed by atoms with Crippen molar-refractivity contribution in [1.82, 2.24) is 18.9 Å². The van der Waals surface area contributed by atoms with Gasteiger partial charge in [0.15, 0.2) is 0 Å². The van der Waals surface area contributed by atoms with Crippen LogP contribution in [0.3, 0.4) is 0 Å². The maximum absolute atomic E-state index is 12.8. The molecule has 0 saturated heterocycles. The molecule has 0 bridgehead atoms. The highest BCUT2D eigenvalue weighted by Gasteiger charge is 2.17. The fourth-order valence-corrected chi connectivity index (χ4v) is 2.64. The lowest BCUT2D eigenvalue weighted by atomic mass is 10.2. The molecule has 4 rings (SSSR count). The molecule has 1 N–H and O–H groups in total. The van der Waals surface area contributed by atoms with Gasteiger partial charge in [0.25, 0.3) is 0 Å². The third kappa shape index (κ3) is 1.77. The molecule has 6 heteroatoms. The summed E-state index contributed by atoms with van der Waals surface area (Å²) in [6.07, 6.45) is 8.14. The summed E-state index contributed by atoms with van der Waals surface area (Å²) in [6, 6.07) is 8.84. The predicted octanol–water partition coefficient (Wildman–Crippen LogP) is 1.30. The van der Waals surface area contributed by atoms with E-state index in [1.165, 1.54) is 4.40 Å². The summed E-state index contributed by atoms with van der Waals surface area (Å²) in [5, 5.41) is 0. The van der Waals surface area contributed by atoms with Gasteiger partial charge in [-0.05, 0) is 18.2 Å². The molecule has 0 atom stereocenters. The zero-order valence-electron chi connectivity index (χ0n) is 11.6. The molecular weight excluding hydrogens is 280 g/mol. The van der Waals surface area contributed by atoms with Gasteiger partial charge in [-0.15, -0.1) is 0 Å². The monoisotopic (exact) mass is 292 g/mol. The summed E-state index contributed by atoms with van der Waals surface area (Å²) in [7, 11) is 0. The van der Waals surface area contributed by atoms with Gasteiger partial charge in [-0.1, -0.05) is 36.4 Å². The van der Waals surface area contributed by atoms with E-state index >= 15 is 0 Å². The van der Waals surface area contributed by atoms with E-state index in [4.69, 9.17) is 0 Å². The Bertz CT molecular complexity index is 1040. The number of hydrogen-bond acceptors (Lipinski definition) is 3. The molecule has 0 unspecified atom stereocenters. The number of aromatic nitrogens is 4. The molecule has 108 valence electrons. The van der Waals surface area contributed by atoms with Crippen LogP contribution in [0.15, 0.2) is 58.1 Å². The minimum atomic E-state index is -0.497. The maximum Gasteiger partial charge on any atom is 0.344 e. The van der Waals surface area contributed by atoms with Crippen molar-refractivity contribution >= 4 is 11.9 Å². The Hall–Kier alpha value is -3.15. The van der Waals surface area contributed by atoms with Crippen LogP contribution in [0.25, 0.3) is 17.5 Å². The molecule has 0 amide bonds. The Labute approximate surface area is 124 Å². The van der Waals surface area contributed by atoms with Crippen LogP contribution >= 0.6 is 0 Å². The van der Waals surface area contributed by atoms with E-state index in [1.54, 1.807) is 24.3 Å². The zero-order chi connectivity index (χ0) is 15.1. The molecule has 1 aliphatic rings. The van der Waals surface area contributed by atoms with Gasteiger partial charge in [-0.25, -0.2) is 23.5 Å². The lowest BCUT2D eigenvalue weighted by Gasteiger charge is -2.06. The lowest BCUT2D eigenvalue weighted by molar-refractivity contribution is 0.780. The van der Waals surface area contributed by atoms with Gasteiger partial charge >= 0.3 is 11.4 Å². The number of nitrogens with one attached hydrogen (secondary N) is 1. The van der Waals surface area contributed by atoms with Crippen LogP contribution < -0.4 is 11.4 Å². The molecule has 22 heavy (non-hydrogen) atoms. The van der Waals surface area contributed by atoms with Crippen molar-refractivity contribution in [2.24, 2.45) is 0 Å². The fraction of sp³-hybridized carbons (Fsp3) is 0.0625. The number of hydrogen-bond donors (Lipinski definition) is 1. The predicted molar refractivity (Wildman–Crippen MR) is 83.3 cm³/mol. The Kier molecular flexibility index (Phi) is 2.69. The molecule has 2 aromatic heterocycles. The molecule has 3 aromatic rings. The second-order valence-electron chi connectivity index (χ2n) is 4.98. The van der Waals surface area contributed by atoms with Gasteiger partial charge in [0.1, 0.15) is 0 Å². The van der Waals surface area contributed by atoms with Crippen LogP contribution in [-0.2, 0) is 6.42 Å². The number of fused-ring (bicyclic) bond motifs is 3. The van der Waals surface area contributed by atoms with E-state index in [9.17, 15) is 9.59 Å². The first-order chi connectivity index (χ1) is 10.8. The normalized spacial score (nSPS) is 13.3. The van der Waals surface area contributed by atoms with Crippen molar-refractivity contribution in [3.05, 3.63) is 80.9 Å². The summed E-state index contributed by atoms with van der Waals surface area (Å²) in [6.45, 7) is 0. The third-order valence-corrected chi connectivity index (χ3v) is 3.64. The van der Waals surface area contributed by atoms with E-state index in [0.29, 0.717) is 17.8 Å². The number of aromatic amines is 1. The van der Waals surface area contributed by atoms with Crippen LogP contribution in [-0.4, -0.2) is 18.9 Å². The van der Waals surface area contributed by atoms with E-state index in [-0.39, 0.29) is 5.78 Å². The SMILES string of the molecule is O=c1[nH]c2nc3c(n2c(=O)n1-c1ccccc1)CC=CC=C3. The minimum Gasteiger partial charge on any atom is -0.276 e. The van der Waals surface area contributed by atoms with Crippen LogP contribution in [0, 0.1) is 0 Å². The summed E-state index contributed by atoms with van der Waals surface area (Å²) in [4.78, 5) is 32.1. The van der Waals surface area contributed by atoms with E-state index in [1.807, 2.05) is 30.4 Å². The first-order valence-electron chi connectivity index (χ1n) is 6.91.